The van der Waals surface area contributed by atoms with Crippen molar-refractivity contribution in [2.24, 2.45) is 5.41 Å². The topological polar surface area (TPSA) is 18.5 Å². The molecule has 0 aromatic heterocycles. The molecule has 0 heterocycles. The fraction of sp³-hybridized carbons (Fsp3) is 0.471. The lowest BCUT2D eigenvalue weighted by Crippen LogP contribution is -2.21. The van der Waals surface area contributed by atoms with E-state index in [-0.39, 0.29) is 16.2 Å². The van der Waals surface area contributed by atoms with Crippen LogP contribution in [0.2, 0.25) is 0 Å². The van der Waals surface area contributed by atoms with Gasteiger partial charge in [0.1, 0.15) is 11.5 Å². The average molecular weight is 489 g/mol. The third kappa shape index (κ3) is 7.88. The molecule has 0 saturated carbocycles. The second kappa shape index (κ2) is 12.5. The molecule has 0 N–H and O–H groups in total. The van der Waals surface area contributed by atoms with Crippen molar-refractivity contribution in [2.75, 3.05) is 13.2 Å². The summed E-state index contributed by atoms with van der Waals surface area (Å²) < 4.78 is 11.6. The molecule has 3 rings (SSSR count). The van der Waals surface area contributed by atoms with Crippen LogP contribution in [0.3, 0.4) is 0 Å². The summed E-state index contributed by atoms with van der Waals surface area (Å²) in [5.74, 6) is 1.85. The van der Waals surface area contributed by atoms with Gasteiger partial charge in [0.15, 0.2) is 0 Å². The van der Waals surface area contributed by atoms with E-state index < -0.39 is 0 Å². The zero-order valence-corrected chi connectivity index (χ0v) is 24.4. The van der Waals surface area contributed by atoms with E-state index in [0.29, 0.717) is 13.2 Å². The molecule has 0 radical (unpaired) electrons. The van der Waals surface area contributed by atoms with Gasteiger partial charge in [-0.2, -0.15) is 0 Å². The Labute approximate surface area is 221 Å². The molecule has 0 atom stereocenters. The molecule has 196 valence electrons. The summed E-state index contributed by atoms with van der Waals surface area (Å²) in [6.45, 7) is 23.3. The lowest BCUT2D eigenvalue weighted by Gasteiger charge is -2.30. The van der Waals surface area contributed by atoms with Gasteiger partial charge in [0.05, 0.1) is 13.2 Å². The highest BCUT2D eigenvalue weighted by Gasteiger charge is 2.26. The van der Waals surface area contributed by atoms with Crippen molar-refractivity contribution >= 4 is 0 Å². The third-order valence-electron chi connectivity index (χ3n) is 6.46. The molecule has 2 nitrogen and oxygen atoms in total. The van der Waals surface area contributed by atoms with E-state index in [1.54, 1.807) is 0 Å². The molecular weight excluding hydrogens is 440 g/mol. The van der Waals surface area contributed by atoms with Crippen molar-refractivity contribution in [3.63, 3.8) is 0 Å². The first kappa shape index (κ1) is 29.5. The van der Waals surface area contributed by atoms with E-state index >= 15 is 0 Å². The van der Waals surface area contributed by atoms with Crippen molar-refractivity contribution in [3.8, 4) is 11.5 Å². The fourth-order valence-corrected chi connectivity index (χ4v) is 4.04. The molecule has 0 saturated heterocycles. The van der Waals surface area contributed by atoms with Crippen LogP contribution in [0.25, 0.3) is 0 Å². The molecule has 0 aliphatic rings. The second-order valence-corrected chi connectivity index (χ2v) is 11.9. The van der Waals surface area contributed by atoms with E-state index in [2.05, 4.69) is 135 Å². The van der Waals surface area contributed by atoms with Gasteiger partial charge in [-0.3, -0.25) is 0 Å². The maximum atomic E-state index is 5.95. The van der Waals surface area contributed by atoms with Crippen molar-refractivity contribution < 1.29 is 9.47 Å². The highest BCUT2D eigenvalue weighted by Crippen LogP contribution is 2.36. The van der Waals surface area contributed by atoms with Crippen LogP contribution < -0.4 is 9.47 Å². The van der Waals surface area contributed by atoms with Crippen LogP contribution >= 0.6 is 0 Å². The van der Waals surface area contributed by atoms with Crippen LogP contribution in [-0.2, 0) is 10.8 Å². The lowest BCUT2D eigenvalue weighted by atomic mass is 9.74. The van der Waals surface area contributed by atoms with E-state index in [9.17, 15) is 0 Å². The largest absolute Gasteiger partial charge is 0.494 e. The molecule has 0 spiro atoms. The number of rotatable bonds is 8. The quantitative estimate of drug-likeness (QED) is 0.314. The lowest BCUT2D eigenvalue weighted by molar-refractivity contribution is 0.198. The molecule has 0 aliphatic carbocycles. The second-order valence-electron chi connectivity index (χ2n) is 11.9. The van der Waals surface area contributed by atoms with Crippen molar-refractivity contribution in [1.82, 2.24) is 0 Å². The highest BCUT2D eigenvalue weighted by atomic mass is 16.5. The molecule has 0 amide bonds. The Morgan fingerprint density at radius 2 is 0.750 bits per heavy atom. The highest BCUT2D eigenvalue weighted by molar-refractivity contribution is 5.45. The molecule has 0 bridgehead atoms. The smallest absolute Gasteiger partial charge is 0.119 e. The SMILES string of the molecule is CCC.CCOc1ccc(C(C)(C)c2ccc(C(C)(C)c3ccc(OCC(C)(C)C)cc3)cc2)cc1. The normalized spacial score (nSPS) is 11.9. The van der Waals surface area contributed by atoms with E-state index in [4.69, 9.17) is 9.47 Å². The standard InChI is InChI=1S/C31H40O2.C3H8/c1-9-32-27-18-14-25(15-19-27)30(5,6)23-10-12-24(13-11-23)31(7,8)26-16-20-28(21-17-26)33-22-29(2,3)4;1-3-2/h10-21H,9,22H2,1-8H3;3H2,1-2H3. The van der Waals surface area contributed by atoms with Crippen LogP contribution in [0, 0.1) is 5.41 Å². The minimum Gasteiger partial charge on any atom is -0.494 e. The first-order valence-electron chi connectivity index (χ1n) is 13.4. The van der Waals surface area contributed by atoms with Gasteiger partial charge in [-0.25, -0.2) is 0 Å². The van der Waals surface area contributed by atoms with E-state index in [1.807, 2.05) is 6.92 Å². The maximum absolute atomic E-state index is 5.95. The Morgan fingerprint density at radius 1 is 0.472 bits per heavy atom. The van der Waals surface area contributed by atoms with Gasteiger partial charge in [-0.1, -0.05) is 117 Å². The third-order valence-corrected chi connectivity index (χ3v) is 6.46. The first-order chi connectivity index (χ1) is 16.8. The van der Waals surface area contributed by atoms with Gasteiger partial charge in [0, 0.05) is 10.8 Å². The molecule has 3 aromatic carbocycles. The van der Waals surface area contributed by atoms with Gasteiger partial charge < -0.3 is 9.47 Å². The summed E-state index contributed by atoms with van der Waals surface area (Å²) in [5, 5.41) is 0. The fourth-order valence-electron chi connectivity index (χ4n) is 4.04. The van der Waals surface area contributed by atoms with Gasteiger partial charge in [-0.05, 0) is 58.9 Å². The monoisotopic (exact) mass is 488 g/mol. The van der Waals surface area contributed by atoms with Crippen molar-refractivity contribution in [3.05, 3.63) is 95.1 Å². The van der Waals surface area contributed by atoms with Crippen molar-refractivity contribution in [1.29, 1.82) is 0 Å². The molecule has 36 heavy (non-hydrogen) atoms. The Kier molecular flexibility index (Phi) is 10.2. The number of ether oxygens (including phenoxy) is 2. The zero-order valence-electron chi connectivity index (χ0n) is 24.4. The summed E-state index contributed by atoms with van der Waals surface area (Å²) in [6.07, 6.45) is 1.25. The Balaban J connectivity index is 0.00000145. The van der Waals surface area contributed by atoms with E-state index in [0.717, 1.165) is 11.5 Å². The Morgan fingerprint density at radius 3 is 1.03 bits per heavy atom. The summed E-state index contributed by atoms with van der Waals surface area (Å²) >= 11 is 0. The van der Waals surface area contributed by atoms with Crippen LogP contribution in [0.1, 0.15) is 97.9 Å². The summed E-state index contributed by atoms with van der Waals surface area (Å²) in [4.78, 5) is 0. The first-order valence-corrected chi connectivity index (χ1v) is 13.4. The van der Waals surface area contributed by atoms with Crippen molar-refractivity contribution in [2.45, 2.75) is 86.5 Å². The van der Waals surface area contributed by atoms with Gasteiger partial charge >= 0.3 is 0 Å². The van der Waals surface area contributed by atoms with Gasteiger partial charge in [-0.15, -0.1) is 0 Å². The number of hydrogen-bond donors (Lipinski definition) is 0. The van der Waals surface area contributed by atoms with Crippen LogP contribution in [0.15, 0.2) is 72.8 Å². The van der Waals surface area contributed by atoms with Crippen LogP contribution in [0.4, 0.5) is 0 Å². The van der Waals surface area contributed by atoms with Gasteiger partial charge in [0.25, 0.3) is 0 Å². The number of hydrogen-bond acceptors (Lipinski definition) is 2. The minimum absolute atomic E-state index is 0.0839. The maximum Gasteiger partial charge on any atom is 0.119 e. The van der Waals surface area contributed by atoms with Crippen LogP contribution in [-0.4, -0.2) is 13.2 Å². The molecule has 0 fully saturated rings. The molecule has 3 aromatic rings. The predicted molar refractivity (Wildman–Crippen MR) is 156 cm³/mol. The average Bonchev–Trinajstić information content (AvgIpc) is 2.84. The molecule has 0 unspecified atom stereocenters. The summed E-state index contributed by atoms with van der Waals surface area (Å²) in [6, 6.07) is 26.1. The van der Waals surface area contributed by atoms with E-state index in [1.165, 1.54) is 28.7 Å². The summed E-state index contributed by atoms with van der Waals surface area (Å²) in [5.41, 5.74) is 5.14. The Bertz CT molecular complexity index is 1030. The molecular formula is C34H48O2. The van der Waals surface area contributed by atoms with Crippen LogP contribution in [0.5, 0.6) is 11.5 Å². The molecule has 2 heteroatoms. The molecule has 0 aliphatic heterocycles. The van der Waals surface area contributed by atoms with Gasteiger partial charge in [0.2, 0.25) is 0 Å². The predicted octanol–water partition coefficient (Wildman–Crippen LogP) is 9.58. The minimum atomic E-state index is -0.0929. The number of benzene rings is 3. The Hall–Kier alpha value is -2.74. The summed E-state index contributed by atoms with van der Waals surface area (Å²) in [7, 11) is 0. The zero-order chi connectivity index (χ0) is 27.0.